The number of hydrogen-bond donors (Lipinski definition) is 2. The fourth-order valence-electron chi connectivity index (χ4n) is 2.71. The van der Waals surface area contributed by atoms with Crippen LogP contribution in [0.4, 0.5) is 5.69 Å². The van der Waals surface area contributed by atoms with Crippen molar-refractivity contribution in [2.75, 3.05) is 26.0 Å². The maximum absolute atomic E-state index is 9.35. The number of para-hydroxylation sites is 1. The van der Waals surface area contributed by atoms with E-state index in [9.17, 15) is 5.26 Å². The van der Waals surface area contributed by atoms with Gasteiger partial charge in [0.15, 0.2) is 0 Å². The zero-order valence-corrected chi connectivity index (χ0v) is 13.8. The van der Waals surface area contributed by atoms with Gasteiger partial charge >= 0.3 is 0 Å². The molecule has 0 radical (unpaired) electrons. The fraction of sp³-hybridized carbons (Fsp3) is 0.316. The molecule has 23 heavy (non-hydrogen) atoms. The zero-order valence-electron chi connectivity index (χ0n) is 13.8. The number of nitriles is 1. The molecule has 0 aromatic heterocycles. The Bertz CT molecular complexity index is 659. The van der Waals surface area contributed by atoms with Crippen molar-refractivity contribution in [2.24, 2.45) is 5.73 Å². The summed E-state index contributed by atoms with van der Waals surface area (Å²) in [5.74, 6) is 0. The Hall–Kier alpha value is -2.35. The van der Waals surface area contributed by atoms with Crippen molar-refractivity contribution < 1.29 is 0 Å². The van der Waals surface area contributed by atoms with Crippen molar-refractivity contribution >= 4 is 5.69 Å². The van der Waals surface area contributed by atoms with E-state index in [0.717, 1.165) is 17.7 Å². The van der Waals surface area contributed by atoms with Crippen molar-refractivity contribution in [3.63, 3.8) is 0 Å². The summed E-state index contributed by atoms with van der Waals surface area (Å²) < 4.78 is 0. The molecule has 120 valence electrons. The normalized spacial score (nSPS) is 12.0. The Labute approximate surface area is 138 Å². The van der Waals surface area contributed by atoms with Crippen molar-refractivity contribution in [3.05, 3.63) is 65.2 Å². The molecule has 2 aromatic carbocycles. The lowest BCUT2D eigenvalue weighted by Gasteiger charge is -2.25. The lowest BCUT2D eigenvalue weighted by Crippen LogP contribution is -2.23. The van der Waals surface area contributed by atoms with E-state index >= 15 is 0 Å². The summed E-state index contributed by atoms with van der Waals surface area (Å²) in [6.07, 6.45) is 0.893. The van der Waals surface area contributed by atoms with Gasteiger partial charge in [0.2, 0.25) is 0 Å². The van der Waals surface area contributed by atoms with Crippen LogP contribution in [-0.2, 0) is 6.54 Å². The molecule has 3 N–H and O–H groups in total. The van der Waals surface area contributed by atoms with Gasteiger partial charge in [0, 0.05) is 18.3 Å². The Kier molecular flexibility index (Phi) is 6.16. The minimum Gasteiger partial charge on any atom is -0.381 e. The first kappa shape index (κ1) is 17.0. The van der Waals surface area contributed by atoms with E-state index in [0.29, 0.717) is 18.7 Å². The van der Waals surface area contributed by atoms with Crippen molar-refractivity contribution in [2.45, 2.75) is 19.0 Å². The molecule has 1 unspecified atom stereocenters. The van der Waals surface area contributed by atoms with Crippen LogP contribution in [0.15, 0.2) is 48.5 Å². The summed E-state index contributed by atoms with van der Waals surface area (Å²) >= 11 is 0. The first-order chi connectivity index (χ1) is 11.2. The van der Waals surface area contributed by atoms with Gasteiger partial charge in [-0.05, 0) is 56.4 Å². The second-order valence-electron chi connectivity index (χ2n) is 5.80. The van der Waals surface area contributed by atoms with Crippen LogP contribution in [0.1, 0.15) is 29.2 Å². The third kappa shape index (κ3) is 4.56. The highest BCUT2D eigenvalue weighted by atomic mass is 15.1. The zero-order chi connectivity index (χ0) is 16.7. The Morgan fingerprint density at radius 3 is 2.52 bits per heavy atom. The molecule has 4 nitrogen and oxygen atoms in total. The van der Waals surface area contributed by atoms with Gasteiger partial charge in [0.05, 0.1) is 11.6 Å². The molecule has 0 aliphatic heterocycles. The van der Waals surface area contributed by atoms with Crippen LogP contribution in [-0.4, -0.2) is 25.5 Å². The number of benzene rings is 2. The van der Waals surface area contributed by atoms with Gasteiger partial charge in [-0.3, -0.25) is 0 Å². The van der Waals surface area contributed by atoms with Crippen molar-refractivity contribution in [3.8, 4) is 6.07 Å². The van der Waals surface area contributed by atoms with Crippen LogP contribution < -0.4 is 11.1 Å². The first-order valence-electron chi connectivity index (χ1n) is 7.84. The predicted molar refractivity (Wildman–Crippen MR) is 95.0 cm³/mol. The SMILES string of the molecule is CN(C)C(CCN)c1ccc(C#N)c(CNc2ccccc2)c1. The van der Waals surface area contributed by atoms with E-state index < -0.39 is 0 Å². The maximum atomic E-state index is 9.35. The monoisotopic (exact) mass is 308 g/mol. The number of anilines is 1. The Morgan fingerprint density at radius 2 is 1.91 bits per heavy atom. The largest absolute Gasteiger partial charge is 0.381 e. The molecule has 0 spiro atoms. The quantitative estimate of drug-likeness (QED) is 0.825. The number of rotatable bonds is 7. The topological polar surface area (TPSA) is 65.1 Å². The van der Waals surface area contributed by atoms with E-state index in [1.807, 2.05) is 42.5 Å². The van der Waals surface area contributed by atoms with Crippen LogP contribution in [0.2, 0.25) is 0 Å². The molecule has 0 heterocycles. The van der Waals surface area contributed by atoms with Crippen LogP contribution in [0.5, 0.6) is 0 Å². The van der Waals surface area contributed by atoms with E-state index in [1.54, 1.807) is 0 Å². The van der Waals surface area contributed by atoms with Crippen molar-refractivity contribution in [1.82, 2.24) is 4.90 Å². The van der Waals surface area contributed by atoms with Gasteiger partial charge in [0.25, 0.3) is 0 Å². The second kappa shape index (κ2) is 8.33. The van der Waals surface area contributed by atoms with Gasteiger partial charge in [-0.15, -0.1) is 0 Å². The molecule has 0 amide bonds. The van der Waals surface area contributed by atoms with Crippen LogP contribution >= 0.6 is 0 Å². The number of nitrogens with zero attached hydrogens (tertiary/aromatic N) is 2. The lowest BCUT2D eigenvalue weighted by atomic mass is 9.97. The van der Waals surface area contributed by atoms with E-state index in [1.165, 1.54) is 5.56 Å². The summed E-state index contributed by atoms with van der Waals surface area (Å²) in [6, 6.07) is 18.6. The summed E-state index contributed by atoms with van der Waals surface area (Å²) in [5.41, 5.74) is 9.71. The van der Waals surface area contributed by atoms with Crippen LogP contribution in [0.25, 0.3) is 0 Å². The van der Waals surface area contributed by atoms with Crippen LogP contribution in [0, 0.1) is 11.3 Å². The first-order valence-corrected chi connectivity index (χ1v) is 7.84. The molecule has 0 saturated heterocycles. The summed E-state index contributed by atoms with van der Waals surface area (Å²) in [6.45, 7) is 1.27. The molecule has 0 bridgehead atoms. The van der Waals surface area contributed by atoms with Crippen molar-refractivity contribution in [1.29, 1.82) is 5.26 Å². The maximum Gasteiger partial charge on any atom is 0.0995 e. The molecule has 0 aliphatic carbocycles. The molecule has 2 rings (SSSR count). The Balaban J connectivity index is 2.23. The summed E-state index contributed by atoms with van der Waals surface area (Å²) in [7, 11) is 4.11. The predicted octanol–water partition coefficient (Wildman–Crippen LogP) is 3.12. The fourth-order valence-corrected chi connectivity index (χ4v) is 2.71. The van der Waals surface area contributed by atoms with Gasteiger partial charge < -0.3 is 16.0 Å². The van der Waals surface area contributed by atoms with E-state index in [4.69, 9.17) is 5.73 Å². The molecule has 0 saturated carbocycles. The average Bonchev–Trinajstić information content (AvgIpc) is 2.58. The third-order valence-corrected chi connectivity index (χ3v) is 3.95. The highest BCUT2D eigenvalue weighted by Gasteiger charge is 2.15. The van der Waals surface area contributed by atoms with Gasteiger partial charge in [0.1, 0.15) is 0 Å². The number of nitrogens with two attached hydrogens (primary N) is 1. The molecule has 4 heteroatoms. The van der Waals surface area contributed by atoms with Crippen LogP contribution in [0.3, 0.4) is 0 Å². The summed E-state index contributed by atoms with van der Waals surface area (Å²) in [4.78, 5) is 2.17. The van der Waals surface area contributed by atoms with Gasteiger partial charge in [-0.1, -0.05) is 30.3 Å². The molecule has 0 aliphatic rings. The summed E-state index contributed by atoms with van der Waals surface area (Å²) in [5, 5.41) is 12.7. The number of hydrogen-bond acceptors (Lipinski definition) is 4. The number of nitrogens with one attached hydrogen (secondary N) is 1. The Morgan fingerprint density at radius 1 is 1.17 bits per heavy atom. The second-order valence-corrected chi connectivity index (χ2v) is 5.80. The minimum atomic E-state index is 0.267. The minimum absolute atomic E-state index is 0.267. The highest BCUT2D eigenvalue weighted by molar-refractivity contribution is 5.47. The highest BCUT2D eigenvalue weighted by Crippen LogP contribution is 2.24. The lowest BCUT2D eigenvalue weighted by molar-refractivity contribution is 0.287. The van der Waals surface area contributed by atoms with Gasteiger partial charge in [-0.25, -0.2) is 0 Å². The molecule has 2 aromatic rings. The molecule has 1 atom stereocenters. The van der Waals surface area contributed by atoms with E-state index in [-0.39, 0.29) is 6.04 Å². The van der Waals surface area contributed by atoms with E-state index in [2.05, 4.69) is 36.4 Å². The smallest absolute Gasteiger partial charge is 0.0995 e. The molecular weight excluding hydrogens is 284 g/mol. The molecular formula is C19H24N4. The van der Waals surface area contributed by atoms with Gasteiger partial charge in [-0.2, -0.15) is 5.26 Å². The standard InChI is InChI=1S/C19H24N4/c1-23(2)19(10-11-20)15-8-9-16(13-21)17(12-15)14-22-18-6-4-3-5-7-18/h3-9,12,19,22H,10-11,14,20H2,1-2H3. The third-order valence-electron chi connectivity index (χ3n) is 3.95. The average molecular weight is 308 g/mol. The molecule has 0 fully saturated rings.